The van der Waals surface area contributed by atoms with Gasteiger partial charge in [-0.3, -0.25) is 14.5 Å². The maximum absolute atomic E-state index is 10.9. The van der Waals surface area contributed by atoms with Gasteiger partial charge in [-0.25, -0.2) is 0 Å². The standard InChI is InChI=1S/C13H12IN5O4/c14-10-2-8(4-19(5-11(20)21)6-12(22)23)1-9(3-10)13-17-15-7-16-18-13/h1-3,7H,4-6H2,(H,20,21)(H,22,23)/i14-2. The van der Waals surface area contributed by atoms with Gasteiger partial charge in [0.2, 0.25) is 5.82 Å². The molecule has 1 aromatic carbocycles. The van der Waals surface area contributed by atoms with Crippen LogP contribution in [0.25, 0.3) is 11.4 Å². The predicted octanol–water partition coefficient (Wildman–Crippen LogP) is 0.509. The molecule has 2 rings (SSSR count). The highest BCUT2D eigenvalue weighted by Crippen LogP contribution is 2.20. The first-order chi connectivity index (χ1) is 10.9. The quantitative estimate of drug-likeness (QED) is 0.607. The van der Waals surface area contributed by atoms with Gasteiger partial charge in [0.05, 0.1) is 13.1 Å². The predicted molar refractivity (Wildman–Crippen MR) is 86.3 cm³/mol. The van der Waals surface area contributed by atoms with Crippen molar-refractivity contribution in [1.29, 1.82) is 0 Å². The molecule has 0 spiro atoms. The average molecular weight is 427 g/mol. The molecule has 0 bridgehead atoms. The Morgan fingerprint density at radius 3 is 2.22 bits per heavy atom. The summed E-state index contributed by atoms with van der Waals surface area (Å²) in [5.41, 5.74) is 1.43. The Hall–Kier alpha value is -2.21. The van der Waals surface area contributed by atoms with Gasteiger partial charge in [0.15, 0.2) is 6.33 Å². The molecule has 0 aliphatic heterocycles. The summed E-state index contributed by atoms with van der Waals surface area (Å²) < 4.78 is 0.883. The first kappa shape index (κ1) is 17.1. The highest BCUT2D eigenvalue weighted by atomic mass is 125. The average Bonchev–Trinajstić information content (AvgIpc) is 2.46. The Morgan fingerprint density at radius 2 is 1.65 bits per heavy atom. The number of carboxylic acids is 2. The minimum Gasteiger partial charge on any atom is -0.480 e. The molecule has 120 valence electrons. The molecule has 0 amide bonds. The number of hydrogen-bond donors (Lipinski definition) is 2. The number of carboxylic acid groups (broad SMARTS) is 2. The monoisotopic (exact) mass is 427 g/mol. The fraction of sp³-hybridized carbons (Fsp3) is 0.231. The van der Waals surface area contributed by atoms with Gasteiger partial charge in [-0.15, -0.1) is 20.4 Å². The van der Waals surface area contributed by atoms with E-state index in [2.05, 4.69) is 43.0 Å². The zero-order valence-electron chi connectivity index (χ0n) is 11.8. The van der Waals surface area contributed by atoms with Crippen LogP contribution in [0, 0.1) is 3.57 Å². The van der Waals surface area contributed by atoms with Gasteiger partial charge in [0.1, 0.15) is 0 Å². The Morgan fingerprint density at radius 1 is 1.04 bits per heavy atom. The molecule has 2 N–H and O–H groups in total. The van der Waals surface area contributed by atoms with Crippen molar-refractivity contribution in [1.82, 2.24) is 25.3 Å². The van der Waals surface area contributed by atoms with E-state index < -0.39 is 11.9 Å². The molecule has 0 aliphatic rings. The molecular formula is C13H12IN5O4. The van der Waals surface area contributed by atoms with Crippen LogP contribution in [0.15, 0.2) is 24.5 Å². The number of carbonyl (C=O) groups is 2. The molecule has 0 atom stereocenters. The van der Waals surface area contributed by atoms with E-state index in [1.165, 1.54) is 11.2 Å². The summed E-state index contributed by atoms with van der Waals surface area (Å²) in [6.45, 7) is -0.549. The van der Waals surface area contributed by atoms with Crippen molar-refractivity contribution in [3.05, 3.63) is 33.7 Å². The minimum atomic E-state index is -1.09. The topological polar surface area (TPSA) is 129 Å². The summed E-state index contributed by atoms with van der Waals surface area (Å²) in [5, 5.41) is 32.9. The van der Waals surface area contributed by atoms with E-state index in [1.54, 1.807) is 6.07 Å². The van der Waals surface area contributed by atoms with Gasteiger partial charge in [-0.2, -0.15) is 0 Å². The largest absolute Gasteiger partial charge is 0.480 e. The number of aliphatic carboxylic acids is 2. The lowest BCUT2D eigenvalue weighted by atomic mass is 10.1. The van der Waals surface area contributed by atoms with Crippen molar-refractivity contribution >= 4 is 34.5 Å². The fourth-order valence-electron chi connectivity index (χ4n) is 2.00. The highest BCUT2D eigenvalue weighted by molar-refractivity contribution is 14.1. The second kappa shape index (κ2) is 7.87. The normalized spacial score (nSPS) is 10.7. The number of nitrogens with zero attached hydrogens (tertiary/aromatic N) is 5. The van der Waals surface area contributed by atoms with E-state index in [0.717, 1.165) is 9.13 Å². The third kappa shape index (κ3) is 5.49. The zero-order valence-corrected chi connectivity index (χ0v) is 13.9. The van der Waals surface area contributed by atoms with Gasteiger partial charge in [0.25, 0.3) is 0 Å². The maximum Gasteiger partial charge on any atom is 0.317 e. The summed E-state index contributed by atoms with van der Waals surface area (Å²) in [5.74, 6) is -1.83. The van der Waals surface area contributed by atoms with Crippen molar-refractivity contribution < 1.29 is 19.8 Å². The summed E-state index contributed by atoms with van der Waals surface area (Å²) in [7, 11) is 0. The highest BCUT2D eigenvalue weighted by Gasteiger charge is 2.15. The molecule has 10 heteroatoms. The van der Waals surface area contributed by atoms with Crippen LogP contribution < -0.4 is 0 Å². The number of halogens is 1. The third-order valence-electron chi connectivity index (χ3n) is 2.75. The van der Waals surface area contributed by atoms with Gasteiger partial charge >= 0.3 is 11.9 Å². The van der Waals surface area contributed by atoms with E-state index in [9.17, 15) is 9.59 Å². The molecule has 0 saturated heterocycles. The number of benzene rings is 1. The van der Waals surface area contributed by atoms with Crippen molar-refractivity contribution in [3.63, 3.8) is 0 Å². The molecule has 0 radical (unpaired) electrons. The summed E-state index contributed by atoms with van der Waals surface area (Å²) in [4.78, 5) is 23.0. The molecule has 0 aliphatic carbocycles. The van der Waals surface area contributed by atoms with E-state index in [0.29, 0.717) is 11.4 Å². The summed E-state index contributed by atoms with van der Waals surface area (Å²) >= 11 is 2.11. The Balaban J connectivity index is 2.26. The second-order valence-corrected chi connectivity index (χ2v) is 5.90. The molecule has 2 aromatic rings. The van der Waals surface area contributed by atoms with E-state index in [-0.39, 0.29) is 19.6 Å². The number of hydrogen-bond acceptors (Lipinski definition) is 7. The smallest absolute Gasteiger partial charge is 0.317 e. The Kier molecular flexibility index (Phi) is 5.87. The van der Waals surface area contributed by atoms with Crippen LogP contribution in [0.2, 0.25) is 0 Å². The Bertz CT molecular complexity index is 697. The third-order valence-corrected chi connectivity index (χ3v) is 3.37. The first-order valence-electron chi connectivity index (χ1n) is 6.40. The zero-order chi connectivity index (χ0) is 16.8. The van der Waals surface area contributed by atoms with Crippen LogP contribution in [-0.2, 0) is 16.1 Å². The van der Waals surface area contributed by atoms with Crippen molar-refractivity contribution in [2.24, 2.45) is 0 Å². The minimum absolute atomic E-state index is 0.177. The number of aromatic nitrogens is 4. The molecule has 0 saturated carbocycles. The van der Waals surface area contributed by atoms with Crippen LogP contribution in [0.5, 0.6) is 0 Å². The van der Waals surface area contributed by atoms with Crippen LogP contribution in [0.1, 0.15) is 5.56 Å². The molecule has 1 aromatic heterocycles. The van der Waals surface area contributed by atoms with Gasteiger partial charge in [0, 0.05) is 15.7 Å². The van der Waals surface area contributed by atoms with Crippen LogP contribution >= 0.6 is 22.6 Å². The SMILES string of the molecule is O=C(O)CN(CC(=O)O)Cc1cc([125I])cc(-c2nncnn2)c1. The van der Waals surface area contributed by atoms with Crippen molar-refractivity contribution in [3.8, 4) is 11.4 Å². The Labute approximate surface area is 144 Å². The summed E-state index contributed by atoms with van der Waals surface area (Å²) in [6.07, 6.45) is 1.22. The summed E-state index contributed by atoms with van der Waals surface area (Å²) in [6, 6.07) is 5.43. The van der Waals surface area contributed by atoms with Crippen LogP contribution in [0.3, 0.4) is 0 Å². The van der Waals surface area contributed by atoms with E-state index in [1.807, 2.05) is 12.1 Å². The molecule has 9 nitrogen and oxygen atoms in total. The van der Waals surface area contributed by atoms with Gasteiger partial charge in [-0.05, 0) is 46.4 Å². The number of rotatable bonds is 7. The van der Waals surface area contributed by atoms with Crippen molar-refractivity contribution in [2.75, 3.05) is 13.1 Å². The first-order valence-corrected chi connectivity index (χ1v) is 7.48. The lowest BCUT2D eigenvalue weighted by Crippen LogP contribution is -2.34. The van der Waals surface area contributed by atoms with Crippen molar-refractivity contribution in [2.45, 2.75) is 6.54 Å². The van der Waals surface area contributed by atoms with Crippen LogP contribution in [0.4, 0.5) is 0 Å². The van der Waals surface area contributed by atoms with Crippen LogP contribution in [-0.4, -0.2) is 60.5 Å². The molecule has 23 heavy (non-hydrogen) atoms. The maximum atomic E-state index is 10.9. The molecular weight excluding hydrogens is 415 g/mol. The lowest BCUT2D eigenvalue weighted by molar-refractivity contribution is -0.142. The fourth-order valence-corrected chi connectivity index (χ4v) is 2.73. The van der Waals surface area contributed by atoms with E-state index >= 15 is 0 Å². The molecule has 0 fully saturated rings. The second-order valence-electron chi connectivity index (χ2n) is 4.65. The molecule has 1 heterocycles. The van der Waals surface area contributed by atoms with Gasteiger partial charge in [-0.1, -0.05) is 0 Å². The molecule has 0 unspecified atom stereocenters. The van der Waals surface area contributed by atoms with E-state index in [4.69, 9.17) is 10.2 Å². The lowest BCUT2D eigenvalue weighted by Gasteiger charge is -2.18. The van der Waals surface area contributed by atoms with Gasteiger partial charge < -0.3 is 10.2 Å².